The molecule has 0 bridgehead atoms. The SMILES string of the molecule is COc1ccc(C)cc1-c1c(C)sc2nc(SCCCC(=O)O)[nH]c(=O)c12. The second-order valence-electron chi connectivity index (χ2n) is 6.13. The van der Waals surface area contributed by atoms with Gasteiger partial charge in [0.1, 0.15) is 10.6 Å². The molecule has 1 aromatic carbocycles. The van der Waals surface area contributed by atoms with Gasteiger partial charge < -0.3 is 14.8 Å². The van der Waals surface area contributed by atoms with E-state index in [9.17, 15) is 9.59 Å². The second-order valence-corrected chi connectivity index (χ2v) is 8.42. The Morgan fingerprint density at radius 3 is 2.85 bits per heavy atom. The topological polar surface area (TPSA) is 92.3 Å². The molecule has 2 heterocycles. The highest BCUT2D eigenvalue weighted by atomic mass is 32.2. The number of carboxylic acids is 1. The van der Waals surface area contributed by atoms with Crippen molar-refractivity contribution in [3.8, 4) is 16.9 Å². The third-order valence-corrected chi connectivity index (χ3v) is 6.07. The lowest BCUT2D eigenvalue weighted by atomic mass is 10.0. The zero-order chi connectivity index (χ0) is 19.6. The van der Waals surface area contributed by atoms with Crippen molar-refractivity contribution in [1.82, 2.24) is 9.97 Å². The Morgan fingerprint density at radius 1 is 1.37 bits per heavy atom. The normalized spacial score (nSPS) is 11.1. The molecule has 0 aliphatic rings. The minimum Gasteiger partial charge on any atom is -0.496 e. The minimum atomic E-state index is -0.821. The van der Waals surface area contributed by atoms with E-state index in [1.165, 1.54) is 23.1 Å². The number of nitrogens with zero attached hydrogens (tertiary/aromatic N) is 1. The number of aliphatic carboxylic acids is 1. The molecule has 0 aliphatic carbocycles. The molecule has 0 amide bonds. The quantitative estimate of drug-likeness (QED) is 0.348. The number of fused-ring (bicyclic) bond motifs is 1. The van der Waals surface area contributed by atoms with Gasteiger partial charge >= 0.3 is 5.97 Å². The molecule has 0 radical (unpaired) electrons. The number of aromatic amines is 1. The van der Waals surface area contributed by atoms with Gasteiger partial charge in [0, 0.05) is 28.2 Å². The van der Waals surface area contributed by atoms with Crippen LogP contribution in [0.5, 0.6) is 5.75 Å². The van der Waals surface area contributed by atoms with Crippen molar-refractivity contribution in [2.75, 3.05) is 12.9 Å². The smallest absolute Gasteiger partial charge is 0.303 e. The van der Waals surface area contributed by atoms with E-state index in [1.807, 2.05) is 32.0 Å². The molecule has 142 valence electrons. The monoisotopic (exact) mass is 404 g/mol. The molecule has 0 atom stereocenters. The number of hydrogen-bond acceptors (Lipinski definition) is 6. The Hall–Kier alpha value is -2.32. The van der Waals surface area contributed by atoms with Crippen LogP contribution in [0.25, 0.3) is 21.3 Å². The maximum atomic E-state index is 12.8. The maximum Gasteiger partial charge on any atom is 0.303 e. The van der Waals surface area contributed by atoms with Crippen LogP contribution in [-0.2, 0) is 4.79 Å². The van der Waals surface area contributed by atoms with E-state index in [0.717, 1.165) is 27.3 Å². The average Bonchev–Trinajstić information content (AvgIpc) is 2.94. The van der Waals surface area contributed by atoms with Gasteiger partial charge in [-0.2, -0.15) is 0 Å². The molecular formula is C19H20N2O4S2. The molecule has 0 fully saturated rings. The molecular weight excluding hydrogens is 384 g/mol. The number of H-pyrrole nitrogens is 1. The van der Waals surface area contributed by atoms with E-state index in [4.69, 9.17) is 9.84 Å². The third-order valence-electron chi connectivity index (χ3n) is 4.11. The molecule has 6 nitrogen and oxygen atoms in total. The number of aryl methyl sites for hydroxylation is 2. The van der Waals surface area contributed by atoms with Gasteiger partial charge in [0.05, 0.1) is 12.5 Å². The number of thiophene rings is 1. The summed E-state index contributed by atoms with van der Waals surface area (Å²) < 4.78 is 5.50. The maximum absolute atomic E-state index is 12.8. The number of aromatic nitrogens is 2. The number of nitrogens with one attached hydrogen (secondary N) is 1. The summed E-state index contributed by atoms with van der Waals surface area (Å²) in [6.45, 7) is 3.98. The van der Waals surface area contributed by atoms with E-state index in [-0.39, 0.29) is 12.0 Å². The number of benzene rings is 1. The zero-order valence-electron chi connectivity index (χ0n) is 15.3. The first kappa shape index (κ1) is 19.4. The van der Waals surface area contributed by atoms with Crippen molar-refractivity contribution in [2.24, 2.45) is 0 Å². The molecule has 0 aliphatic heterocycles. The van der Waals surface area contributed by atoms with Gasteiger partial charge in [0.25, 0.3) is 5.56 Å². The third kappa shape index (κ3) is 4.17. The van der Waals surface area contributed by atoms with Crippen LogP contribution in [0.15, 0.2) is 28.2 Å². The number of hydrogen-bond donors (Lipinski definition) is 2. The van der Waals surface area contributed by atoms with Crippen LogP contribution < -0.4 is 10.3 Å². The van der Waals surface area contributed by atoms with Gasteiger partial charge in [-0.25, -0.2) is 4.98 Å². The van der Waals surface area contributed by atoms with Crippen LogP contribution in [0.2, 0.25) is 0 Å². The summed E-state index contributed by atoms with van der Waals surface area (Å²) in [6.07, 6.45) is 0.631. The Kier molecular flexibility index (Phi) is 5.86. The van der Waals surface area contributed by atoms with Crippen LogP contribution in [0.3, 0.4) is 0 Å². The van der Waals surface area contributed by atoms with E-state index in [2.05, 4.69) is 9.97 Å². The predicted octanol–water partition coefficient (Wildman–Crippen LogP) is 4.23. The number of carboxylic acid groups (broad SMARTS) is 1. The predicted molar refractivity (Wildman–Crippen MR) is 109 cm³/mol. The molecule has 0 saturated heterocycles. The summed E-state index contributed by atoms with van der Waals surface area (Å²) >= 11 is 2.84. The first-order chi connectivity index (χ1) is 12.9. The van der Waals surface area contributed by atoms with Crippen molar-refractivity contribution in [2.45, 2.75) is 31.8 Å². The molecule has 3 rings (SSSR count). The van der Waals surface area contributed by atoms with E-state index in [1.54, 1.807) is 7.11 Å². The van der Waals surface area contributed by atoms with E-state index >= 15 is 0 Å². The summed E-state index contributed by atoms with van der Waals surface area (Å²) in [5.41, 5.74) is 2.63. The first-order valence-electron chi connectivity index (χ1n) is 8.43. The Bertz CT molecular complexity index is 1060. The summed E-state index contributed by atoms with van der Waals surface area (Å²) in [5.74, 6) is 0.483. The molecule has 2 aromatic heterocycles. The molecule has 0 spiro atoms. The van der Waals surface area contributed by atoms with Crippen molar-refractivity contribution < 1.29 is 14.6 Å². The van der Waals surface area contributed by atoms with Gasteiger partial charge in [-0.3, -0.25) is 9.59 Å². The average molecular weight is 405 g/mol. The second kappa shape index (κ2) is 8.14. The highest BCUT2D eigenvalue weighted by Crippen LogP contribution is 2.40. The highest BCUT2D eigenvalue weighted by molar-refractivity contribution is 7.99. The standard InChI is InChI=1S/C19H20N2O4S2/c1-10-6-7-13(25-3)12(9-10)15-11(2)27-18-16(15)17(24)20-19(21-18)26-8-4-5-14(22)23/h6-7,9H,4-5,8H2,1-3H3,(H,22,23)(H,20,21,24). The number of methoxy groups -OCH3 is 1. The first-order valence-corrected chi connectivity index (χ1v) is 10.2. The summed E-state index contributed by atoms with van der Waals surface area (Å²) in [6, 6.07) is 5.89. The largest absolute Gasteiger partial charge is 0.496 e. The van der Waals surface area contributed by atoms with Gasteiger partial charge in [0.15, 0.2) is 5.16 Å². The molecule has 3 aromatic rings. The Balaban J connectivity index is 2.02. The summed E-state index contributed by atoms with van der Waals surface area (Å²) in [7, 11) is 1.62. The summed E-state index contributed by atoms with van der Waals surface area (Å²) in [4.78, 5) is 32.5. The summed E-state index contributed by atoms with van der Waals surface area (Å²) in [5, 5.41) is 9.79. The van der Waals surface area contributed by atoms with Crippen molar-refractivity contribution >= 4 is 39.3 Å². The van der Waals surface area contributed by atoms with Crippen molar-refractivity contribution in [3.63, 3.8) is 0 Å². The van der Waals surface area contributed by atoms with Gasteiger partial charge in [-0.1, -0.05) is 23.4 Å². The van der Waals surface area contributed by atoms with Crippen LogP contribution in [0, 0.1) is 13.8 Å². The molecule has 27 heavy (non-hydrogen) atoms. The van der Waals surface area contributed by atoms with E-state index < -0.39 is 5.97 Å². The van der Waals surface area contributed by atoms with Gasteiger partial charge in [0.2, 0.25) is 0 Å². The van der Waals surface area contributed by atoms with Crippen molar-refractivity contribution in [3.05, 3.63) is 39.0 Å². The number of rotatable bonds is 7. The fourth-order valence-electron chi connectivity index (χ4n) is 2.90. The number of carbonyl (C=O) groups is 1. The molecule has 8 heteroatoms. The fraction of sp³-hybridized carbons (Fsp3) is 0.316. The Labute approximate surface area is 164 Å². The number of thioether (sulfide) groups is 1. The van der Waals surface area contributed by atoms with Crippen LogP contribution >= 0.6 is 23.1 Å². The lowest BCUT2D eigenvalue weighted by molar-refractivity contribution is -0.137. The zero-order valence-corrected chi connectivity index (χ0v) is 16.9. The van der Waals surface area contributed by atoms with Crippen LogP contribution in [0.4, 0.5) is 0 Å². The lowest BCUT2D eigenvalue weighted by Gasteiger charge is -2.10. The van der Waals surface area contributed by atoms with E-state index in [0.29, 0.717) is 27.5 Å². The van der Waals surface area contributed by atoms with Crippen LogP contribution in [-0.4, -0.2) is 33.9 Å². The lowest BCUT2D eigenvalue weighted by Crippen LogP contribution is -2.09. The minimum absolute atomic E-state index is 0.106. The molecule has 2 N–H and O–H groups in total. The molecule has 0 unspecified atom stereocenters. The molecule has 0 saturated carbocycles. The Morgan fingerprint density at radius 2 is 2.15 bits per heavy atom. The van der Waals surface area contributed by atoms with Gasteiger partial charge in [-0.15, -0.1) is 11.3 Å². The number of ether oxygens (including phenoxy) is 1. The highest BCUT2D eigenvalue weighted by Gasteiger charge is 2.19. The van der Waals surface area contributed by atoms with Crippen molar-refractivity contribution in [1.29, 1.82) is 0 Å². The fourth-order valence-corrected chi connectivity index (χ4v) is 4.80. The van der Waals surface area contributed by atoms with Gasteiger partial charge in [-0.05, 0) is 32.4 Å². The van der Waals surface area contributed by atoms with Crippen LogP contribution in [0.1, 0.15) is 23.3 Å².